The Labute approximate surface area is 140 Å². The van der Waals surface area contributed by atoms with Crippen LogP contribution in [0.25, 0.3) is 0 Å². The van der Waals surface area contributed by atoms with Crippen molar-refractivity contribution in [3.05, 3.63) is 64.2 Å². The zero-order valence-electron chi connectivity index (χ0n) is 12.7. The van der Waals surface area contributed by atoms with Crippen LogP contribution < -0.4 is 4.72 Å². The molecular weight excluding hydrogens is 338 g/mol. The first kappa shape index (κ1) is 17.3. The third kappa shape index (κ3) is 4.71. The van der Waals surface area contributed by atoms with Crippen molar-refractivity contribution in [1.82, 2.24) is 0 Å². The van der Waals surface area contributed by atoms with E-state index in [-0.39, 0.29) is 22.0 Å². The molecule has 0 amide bonds. The van der Waals surface area contributed by atoms with Gasteiger partial charge in [-0.05, 0) is 30.7 Å². The number of nitrogens with one attached hydrogen (secondary N) is 1. The monoisotopic (exact) mass is 353 g/mol. The van der Waals surface area contributed by atoms with Crippen LogP contribution in [0.5, 0.6) is 0 Å². The Balaban J connectivity index is 2.22. The Morgan fingerprint density at radius 3 is 2.43 bits per heavy atom. The molecule has 0 fully saturated rings. The predicted octanol–water partition coefficient (Wildman–Crippen LogP) is 3.38. The van der Waals surface area contributed by atoms with Crippen molar-refractivity contribution < 1.29 is 17.9 Å². The number of methoxy groups -OCH3 is 1. The molecule has 2 aromatic rings. The van der Waals surface area contributed by atoms with Gasteiger partial charge in [0.2, 0.25) is 10.0 Å². The number of aryl methyl sites for hydroxylation is 1. The zero-order valence-corrected chi connectivity index (χ0v) is 14.2. The van der Waals surface area contributed by atoms with Gasteiger partial charge in [-0.3, -0.25) is 4.72 Å². The molecule has 0 atom stereocenters. The van der Waals surface area contributed by atoms with Crippen LogP contribution in [-0.4, -0.2) is 21.5 Å². The standard InChI is InChI=1S/C16H16ClNO4S/c1-11-3-5-12(6-4-11)10-23(20,21)18-15-9-13(16(19)22-2)7-8-14(15)17/h3-9,18H,10H2,1-2H3. The molecule has 0 heterocycles. The molecule has 0 unspecified atom stereocenters. The summed E-state index contributed by atoms with van der Waals surface area (Å²) in [5.74, 6) is -0.757. The number of carbonyl (C=O) groups is 1. The fraction of sp³-hybridized carbons (Fsp3) is 0.188. The van der Waals surface area contributed by atoms with Gasteiger partial charge in [0.1, 0.15) is 0 Å². The first-order valence-electron chi connectivity index (χ1n) is 6.74. The van der Waals surface area contributed by atoms with Crippen LogP contribution in [-0.2, 0) is 20.5 Å². The molecule has 0 aromatic heterocycles. The van der Waals surface area contributed by atoms with Crippen LogP contribution in [0, 0.1) is 6.92 Å². The fourth-order valence-corrected chi connectivity index (χ4v) is 3.38. The van der Waals surface area contributed by atoms with Crippen molar-refractivity contribution in [2.24, 2.45) is 0 Å². The molecular formula is C16H16ClNO4S. The second-order valence-corrected chi connectivity index (χ2v) is 7.16. The predicted molar refractivity (Wildman–Crippen MR) is 90.2 cm³/mol. The number of halogens is 1. The number of sulfonamides is 1. The number of benzene rings is 2. The summed E-state index contributed by atoms with van der Waals surface area (Å²) in [6, 6.07) is 11.4. The second kappa shape index (κ2) is 7.02. The molecule has 0 spiro atoms. The van der Waals surface area contributed by atoms with E-state index in [0.29, 0.717) is 5.56 Å². The Hall–Kier alpha value is -2.05. The van der Waals surface area contributed by atoms with E-state index in [1.54, 1.807) is 12.1 Å². The SMILES string of the molecule is COC(=O)c1ccc(Cl)c(NS(=O)(=O)Cc2ccc(C)cc2)c1. The van der Waals surface area contributed by atoms with E-state index in [1.165, 1.54) is 25.3 Å². The quantitative estimate of drug-likeness (QED) is 0.836. The van der Waals surface area contributed by atoms with E-state index < -0.39 is 16.0 Å². The summed E-state index contributed by atoms with van der Waals surface area (Å²) in [5, 5.41) is 0.199. The van der Waals surface area contributed by atoms with Crippen LogP contribution in [0.1, 0.15) is 21.5 Å². The Morgan fingerprint density at radius 1 is 1.17 bits per heavy atom. The lowest BCUT2D eigenvalue weighted by Gasteiger charge is -2.11. The zero-order chi connectivity index (χ0) is 17.0. The van der Waals surface area contributed by atoms with Crippen LogP contribution in [0.4, 0.5) is 5.69 Å². The van der Waals surface area contributed by atoms with E-state index >= 15 is 0 Å². The number of esters is 1. The summed E-state index contributed by atoms with van der Waals surface area (Å²) < 4.78 is 31.6. The van der Waals surface area contributed by atoms with Gasteiger partial charge in [0.15, 0.2) is 0 Å². The van der Waals surface area contributed by atoms with Crippen molar-refractivity contribution in [2.75, 3.05) is 11.8 Å². The first-order valence-corrected chi connectivity index (χ1v) is 8.77. The van der Waals surface area contributed by atoms with Crippen LogP contribution in [0.15, 0.2) is 42.5 Å². The van der Waals surface area contributed by atoms with E-state index in [1.807, 2.05) is 19.1 Å². The molecule has 0 bridgehead atoms. The Bertz CT molecular complexity index is 816. The van der Waals surface area contributed by atoms with Crippen molar-refractivity contribution in [1.29, 1.82) is 0 Å². The summed E-state index contributed by atoms with van der Waals surface area (Å²) >= 11 is 5.99. The largest absolute Gasteiger partial charge is 0.465 e. The van der Waals surface area contributed by atoms with Crippen LogP contribution >= 0.6 is 11.6 Å². The summed E-state index contributed by atoms with van der Waals surface area (Å²) in [4.78, 5) is 11.5. The molecule has 2 aromatic carbocycles. The van der Waals surface area contributed by atoms with Gasteiger partial charge >= 0.3 is 5.97 Å². The molecule has 0 aliphatic rings. The van der Waals surface area contributed by atoms with Crippen molar-refractivity contribution in [2.45, 2.75) is 12.7 Å². The average Bonchev–Trinajstić information content (AvgIpc) is 2.50. The smallest absolute Gasteiger partial charge is 0.337 e. The maximum atomic E-state index is 12.3. The summed E-state index contributed by atoms with van der Waals surface area (Å²) in [5.41, 5.74) is 2.06. The number of hydrogen-bond donors (Lipinski definition) is 1. The molecule has 0 aliphatic carbocycles. The molecule has 2 rings (SSSR count). The van der Waals surface area contributed by atoms with Gasteiger partial charge < -0.3 is 4.74 Å². The van der Waals surface area contributed by atoms with Crippen molar-refractivity contribution in [3.8, 4) is 0 Å². The molecule has 0 saturated heterocycles. The number of anilines is 1. The molecule has 0 aliphatic heterocycles. The normalized spacial score (nSPS) is 11.1. The topological polar surface area (TPSA) is 72.5 Å². The number of hydrogen-bond acceptors (Lipinski definition) is 4. The van der Waals surface area contributed by atoms with Crippen molar-refractivity contribution >= 4 is 33.3 Å². The summed E-state index contributed by atoms with van der Waals surface area (Å²) in [7, 11) is -2.41. The second-order valence-electron chi connectivity index (χ2n) is 5.03. The minimum atomic E-state index is -3.66. The lowest BCUT2D eigenvalue weighted by Crippen LogP contribution is -2.16. The highest BCUT2D eigenvalue weighted by molar-refractivity contribution is 7.91. The summed E-state index contributed by atoms with van der Waals surface area (Å²) in [6.07, 6.45) is 0. The summed E-state index contributed by atoms with van der Waals surface area (Å²) in [6.45, 7) is 1.93. The maximum absolute atomic E-state index is 12.3. The fourth-order valence-electron chi connectivity index (χ4n) is 1.96. The van der Waals surface area contributed by atoms with E-state index in [4.69, 9.17) is 11.6 Å². The lowest BCUT2D eigenvalue weighted by atomic mass is 10.2. The molecule has 0 saturated carbocycles. The highest BCUT2D eigenvalue weighted by Crippen LogP contribution is 2.25. The third-order valence-corrected chi connectivity index (χ3v) is 4.70. The van der Waals surface area contributed by atoms with Gasteiger partial charge in [-0.25, -0.2) is 13.2 Å². The van der Waals surface area contributed by atoms with Gasteiger partial charge in [-0.2, -0.15) is 0 Å². The molecule has 23 heavy (non-hydrogen) atoms. The van der Waals surface area contributed by atoms with Gasteiger partial charge in [0.05, 0.1) is 29.1 Å². The molecule has 5 nitrogen and oxygen atoms in total. The van der Waals surface area contributed by atoms with Gasteiger partial charge in [-0.15, -0.1) is 0 Å². The lowest BCUT2D eigenvalue weighted by molar-refractivity contribution is 0.0601. The first-order chi connectivity index (χ1) is 10.8. The number of carbonyl (C=O) groups excluding carboxylic acids is 1. The van der Waals surface area contributed by atoms with E-state index in [9.17, 15) is 13.2 Å². The molecule has 0 radical (unpaired) electrons. The Morgan fingerprint density at radius 2 is 1.83 bits per heavy atom. The molecule has 122 valence electrons. The van der Waals surface area contributed by atoms with Crippen LogP contribution in [0.2, 0.25) is 5.02 Å². The van der Waals surface area contributed by atoms with Crippen molar-refractivity contribution in [3.63, 3.8) is 0 Å². The minimum absolute atomic E-state index is 0.140. The highest BCUT2D eigenvalue weighted by Gasteiger charge is 2.16. The highest BCUT2D eigenvalue weighted by atomic mass is 35.5. The minimum Gasteiger partial charge on any atom is -0.465 e. The number of ether oxygens (including phenoxy) is 1. The van der Waals surface area contributed by atoms with E-state index in [0.717, 1.165) is 5.56 Å². The van der Waals surface area contributed by atoms with Gasteiger partial charge in [0.25, 0.3) is 0 Å². The maximum Gasteiger partial charge on any atom is 0.337 e. The third-order valence-electron chi connectivity index (χ3n) is 3.13. The van der Waals surface area contributed by atoms with Gasteiger partial charge in [0, 0.05) is 0 Å². The molecule has 7 heteroatoms. The average molecular weight is 354 g/mol. The Kier molecular flexibility index (Phi) is 5.28. The molecule has 1 N–H and O–H groups in total. The van der Waals surface area contributed by atoms with Crippen LogP contribution in [0.3, 0.4) is 0 Å². The number of rotatable bonds is 5. The van der Waals surface area contributed by atoms with E-state index in [2.05, 4.69) is 9.46 Å². The van der Waals surface area contributed by atoms with Gasteiger partial charge in [-0.1, -0.05) is 41.4 Å².